The molecule has 1 amide bonds. The van der Waals surface area contributed by atoms with Crippen LogP contribution < -0.4 is 14.9 Å². The minimum Gasteiger partial charge on any atom is -0.497 e. The molecule has 33 heavy (non-hydrogen) atoms. The molecule has 3 aromatic carbocycles. The highest BCUT2D eigenvalue weighted by molar-refractivity contribution is 7.21. The Morgan fingerprint density at radius 2 is 1.67 bits per heavy atom. The van der Waals surface area contributed by atoms with E-state index in [9.17, 15) is 9.59 Å². The maximum atomic E-state index is 12.5. The summed E-state index contributed by atoms with van der Waals surface area (Å²) in [5.41, 5.74) is 3.58. The molecule has 1 aromatic heterocycles. The highest BCUT2D eigenvalue weighted by Gasteiger charge is 2.17. The SMILES string of the molecule is COc1ccc2c(Cl)c(C(=O)N/N=C\c3ccc(OC(=O)c4ccc(Cl)cc4)cc3)sc2c1. The number of amides is 1. The van der Waals surface area contributed by atoms with Crippen LogP contribution in [0.4, 0.5) is 0 Å². The smallest absolute Gasteiger partial charge is 0.343 e. The molecule has 9 heteroatoms. The van der Waals surface area contributed by atoms with Gasteiger partial charge in [0.15, 0.2) is 0 Å². The first-order valence-electron chi connectivity index (χ1n) is 9.62. The maximum absolute atomic E-state index is 12.5. The third-order valence-corrected chi connectivity index (χ3v) is 6.50. The van der Waals surface area contributed by atoms with Crippen LogP contribution in [-0.2, 0) is 0 Å². The normalized spacial score (nSPS) is 11.0. The lowest BCUT2D eigenvalue weighted by atomic mass is 10.2. The van der Waals surface area contributed by atoms with Crippen molar-refractivity contribution in [1.29, 1.82) is 0 Å². The van der Waals surface area contributed by atoms with Crippen molar-refractivity contribution in [3.05, 3.63) is 92.8 Å². The van der Waals surface area contributed by atoms with Crippen molar-refractivity contribution in [1.82, 2.24) is 5.43 Å². The summed E-state index contributed by atoms with van der Waals surface area (Å²) in [6, 6.07) is 18.5. The molecule has 1 heterocycles. The number of ether oxygens (including phenoxy) is 2. The summed E-state index contributed by atoms with van der Waals surface area (Å²) in [4.78, 5) is 25.0. The number of methoxy groups -OCH3 is 1. The molecule has 0 bridgehead atoms. The Kier molecular flexibility index (Phi) is 6.93. The molecule has 0 spiro atoms. The number of hydrogen-bond acceptors (Lipinski definition) is 6. The van der Waals surface area contributed by atoms with Crippen LogP contribution >= 0.6 is 34.5 Å². The lowest BCUT2D eigenvalue weighted by Crippen LogP contribution is -2.16. The predicted molar refractivity (Wildman–Crippen MR) is 131 cm³/mol. The van der Waals surface area contributed by atoms with Gasteiger partial charge in [-0.15, -0.1) is 11.3 Å². The Labute approximate surface area is 203 Å². The number of carbonyl (C=O) groups excluding carboxylic acids is 2. The molecule has 0 fully saturated rings. The second-order valence-electron chi connectivity index (χ2n) is 6.77. The van der Waals surface area contributed by atoms with E-state index in [2.05, 4.69) is 10.5 Å². The first kappa shape index (κ1) is 22.8. The molecule has 0 saturated heterocycles. The molecule has 0 unspecified atom stereocenters. The van der Waals surface area contributed by atoms with Crippen molar-refractivity contribution in [3.8, 4) is 11.5 Å². The van der Waals surface area contributed by atoms with Gasteiger partial charge in [-0.1, -0.05) is 23.2 Å². The van der Waals surface area contributed by atoms with Gasteiger partial charge in [0.25, 0.3) is 5.91 Å². The van der Waals surface area contributed by atoms with E-state index >= 15 is 0 Å². The molecule has 4 rings (SSSR count). The summed E-state index contributed by atoms with van der Waals surface area (Å²) < 4.78 is 11.4. The van der Waals surface area contributed by atoms with Gasteiger partial charge in [-0.3, -0.25) is 4.79 Å². The van der Waals surface area contributed by atoms with E-state index in [-0.39, 0.29) is 0 Å². The van der Waals surface area contributed by atoms with Gasteiger partial charge in [0.05, 0.1) is 23.9 Å². The van der Waals surface area contributed by atoms with Crippen LogP contribution in [0.5, 0.6) is 11.5 Å². The molecule has 0 radical (unpaired) electrons. The van der Waals surface area contributed by atoms with Crippen LogP contribution in [0.3, 0.4) is 0 Å². The third-order valence-electron chi connectivity index (χ3n) is 4.59. The largest absolute Gasteiger partial charge is 0.497 e. The standard InChI is InChI=1S/C24H16Cl2N2O4S/c1-31-18-10-11-19-20(12-18)33-22(21(19)26)23(29)28-27-13-14-2-8-17(9-3-14)32-24(30)15-4-6-16(25)7-5-15/h2-13H,1H3,(H,28,29)/b27-13-. The van der Waals surface area contributed by atoms with Crippen LogP contribution in [0.25, 0.3) is 10.1 Å². The number of fused-ring (bicyclic) bond motifs is 1. The van der Waals surface area contributed by atoms with Crippen molar-refractivity contribution < 1.29 is 19.1 Å². The second-order valence-corrected chi connectivity index (χ2v) is 8.64. The molecule has 4 aromatic rings. The Hall–Kier alpha value is -3.39. The van der Waals surface area contributed by atoms with E-state index in [1.54, 1.807) is 61.7 Å². The van der Waals surface area contributed by atoms with E-state index in [1.165, 1.54) is 17.6 Å². The van der Waals surface area contributed by atoms with Crippen molar-refractivity contribution in [2.24, 2.45) is 5.10 Å². The molecule has 1 N–H and O–H groups in total. The van der Waals surface area contributed by atoms with Gasteiger partial charge in [-0.2, -0.15) is 5.10 Å². The number of carbonyl (C=O) groups is 2. The Morgan fingerprint density at radius 3 is 2.36 bits per heavy atom. The number of halogens is 2. The van der Waals surface area contributed by atoms with Gasteiger partial charge < -0.3 is 9.47 Å². The van der Waals surface area contributed by atoms with Crippen molar-refractivity contribution in [2.75, 3.05) is 7.11 Å². The van der Waals surface area contributed by atoms with Crippen LogP contribution in [0.1, 0.15) is 25.6 Å². The minimum absolute atomic E-state index is 0.363. The van der Waals surface area contributed by atoms with Crippen LogP contribution in [0, 0.1) is 0 Å². The van der Waals surface area contributed by atoms with E-state index < -0.39 is 11.9 Å². The van der Waals surface area contributed by atoms with Crippen molar-refractivity contribution in [2.45, 2.75) is 0 Å². The van der Waals surface area contributed by atoms with E-state index in [0.717, 1.165) is 10.1 Å². The molecular weight excluding hydrogens is 483 g/mol. The van der Waals surface area contributed by atoms with Crippen molar-refractivity contribution >= 4 is 62.7 Å². The fraction of sp³-hybridized carbons (Fsp3) is 0.0417. The highest BCUT2D eigenvalue weighted by Crippen LogP contribution is 2.37. The van der Waals surface area contributed by atoms with E-state index in [4.69, 9.17) is 32.7 Å². The summed E-state index contributed by atoms with van der Waals surface area (Å²) >= 11 is 13.4. The summed E-state index contributed by atoms with van der Waals surface area (Å²) in [6.07, 6.45) is 1.48. The Morgan fingerprint density at radius 1 is 0.970 bits per heavy atom. The molecule has 0 aliphatic rings. The van der Waals surface area contributed by atoms with Crippen LogP contribution in [0.15, 0.2) is 71.8 Å². The molecule has 0 atom stereocenters. The van der Waals surface area contributed by atoms with Crippen LogP contribution in [-0.4, -0.2) is 25.2 Å². The summed E-state index contributed by atoms with van der Waals surface area (Å²) in [6.45, 7) is 0. The zero-order chi connectivity index (χ0) is 23.4. The van der Waals surface area contributed by atoms with E-state index in [0.29, 0.717) is 37.5 Å². The molecule has 166 valence electrons. The number of hydrazone groups is 1. The van der Waals surface area contributed by atoms with Gasteiger partial charge in [0.2, 0.25) is 0 Å². The average molecular weight is 499 g/mol. The third kappa shape index (κ3) is 5.34. The average Bonchev–Trinajstić information content (AvgIpc) is 3.16. The highest BCUT2D eigenvalue weighted by atomic mass is 35.5. The summed E-state index contributed by atoms with van der Waals surface area (Å²) in [7, 11) is 1.58. The Balaban J connectivity index is 1.38. The zero-order valence-electron chi connectivity index (χ0n) is 17.2. The number of nitrogens with zero attached hydrogens (tertiary/aromatic N) is 1. The number of rotatable bonds is 6. The topological polar surface area (TPSA) is 77.0 Å². The second kappa shape index (κ2) is 10.0. The van der Waals surface area contributed by atoms with Gasteiger partial charge >= 0.3 is 5.97 Å². The summed E-state index contributed by atoms with van der Waals surface area (Å²) in [5, 5.41) is 5.68. The Bertz CT molecular complexity index is 1350. The van der Waals surface area contributed by atoms with Crippen LogP contribution in [0.2, 0.25) is 10.0 Å². The maximum Gasteiger partial charge on any atom is 0.343 e. The fourth-order valence-corrected chi connectivity index (χ4v) is 4.47. The first-order valence-corrected chi connectivity index (χ1v) is 11.2. The molecule has 6 nitrogen and oxygen atoms in total. The minimum atomic E-state index is -0.488. The van der Waals surface area contributed by atoms with E-state index in [1.807, 2.05) is 12.1 Å². The van der Waals surface area contributed by atoms with Gasteiger partial charge in [0.1, 0.15) is 16.4 Å². The monoisotopic (exact) mass is 498 g/mol. The van der Waals surface area contributed by atoms with Gasteiger partial charge in [-0.05, 0) is 72.3 Å². The predicted octanol–water partition coefficient (Wildman–Crippen LogP) is 6.20. The molecule has 0 saturated carbocycles. The van der Waals surface area contributed by atoms with Gasteiger partial charge in [-0.25, -0.2) is 10.2 Å². The lowest BCUT2D eigenvalue weighted by molar-refractivity contribution is 0.0734. The quantitative estimate of drug-likeness (QED) is 0.148. The molecule has 0 aliphatic heterocycles. The van der Waals surface area contributed by atoms with Crippen molar-refractivity contribution in [3.63, 3.8) is 0 Å². The summed E-state index contributed by atoms with van der Waals surface area (Å²) in [5.74, 6) is 0.166. The molecular formula is C24H16Cl2N2O4S. The lowest BCUT2D eigenvalue weighted by Gasteiger charge is -2.04. The fourth-order valence-electron chi connectivity index (χ4n) is 2.91. The molecule has 0 aliphatic carbocycles. The first-order chi connectivity index (χ1) is 15.9. The number of esters is 1. The number of thiophene rings is 1. The zero-order valence-corrected chi connectivity index (χ0v) is 19.5. The number of benzene rings is 3. The number of hydrogen-bond donors (Lipinski definition) is 1. The number of nitrogens with one attached hydrogen (secondary N) is 1. The van der Waals surface area contributed by atoms with Gasteiger partial charge in [0, 0.05) is 15.1 Å².